The molecule has 0 bridgehead atoms. The molecule has 3 aromatic carbocycles. The van der Waals surface area contributed by atoms with Crippen LogP contribution >= 0.6 is 11.6 Å². The molecule has 3 rings (SSSR count). The van der Waals surface area contributed by atoms with Gasteiger partial charge in [-0.05, 0) is 61.9 Å². The monoisotopic (exact) mass is 428 g/mol. The molecule has 0 saturated carbocycles. The number of carbonyl (C=O) groups is 1. The zero-order chi connectivity index (χ0) is 21.2. The van der Waals surface area contributed by atoms with Gasteiger partial charge in [-0.2, -0.15) is 0 Å². The van der Waals surface area contributed by atoms with Crippen LogP contribution in [0.25, 0.3) is 0 Å². The third kappa shape index (κ3) is 4.60. The highest BCUT2D eigenvalue weighted by Gasteiger charge is 2.23. The number of nitrogens with one attached hydrogen (secondary N) is 1. The van der Waals surface area contributed by atoms with Crippen LogP contribution in [0.15, 0.2) is 71.6 Å². The Morgan fingerprint density at radius 3 is 2.28 bits per heavy atom. The number of benzene rings is 3. The maximum absolute atomic E-state index is 12.9. The van der Waals surface area contributed by atoms with Crippen molar-refractivity contribution >= 4 is 38.9 Å². The Bertz CT molecular complexity index is 1160. The average Bonchev–Trinajstić information content (AvgIpc) is 2.68. The van der Waals surface area contributed by atoms with Gasteiger partial charge in [0.1, 0.15) is 0 Å². The molecule has 0 heterocycles. The highest BCUT2D eigenvalue weighted by molar-refractivity contribution is 7.92. The van der Waals surface area contributed by atoms with E-state index >= 15 is 0 Å². The van der Waals surface area contributed by atoms with Crippen LogP contribution in [-0.2, 0) is 10.0 Å². The molecule has 0 radical (unpaired) electrons. The molecular weight excluding hydrogens is 408 g/mol. The fourth-order valence-corrected chi connectivity index (χ4v) is 4.20. The molecular formula is C22H21ClN2O3S. The molecule has 0 aliphatic carbocycles. The Labute approximate surface area is 176 Å². The summed E-state index contributed by atoms with van der Waals surface area (Å²) in [4.78, 5) is 12.9. The van der Waals surface area contributed by atoms with Crippen molar-refractivity contribution in [2.75, 3.05) is 16.7 Å². The predicted octanol–water partition coefficient (Wildman–Crippen LogP) is 5.03. The molecule has 0 atom stereocenters. The summed E-state index contributed by atoms with van der Waals surface area (Å²) in [5, 5.41) is 3.03. The minimum Gasteiger partial charge on any atom is -0.322 e. The number of carbonyl (C=O) groups excluding carboxylic acids is 1. The number of nitrogens with zero attached hydrogens (tertiary/aromatic N) is 1. The van der Waals surface area contributed by atoms with Crippen LogP contribution in [0, 0.1) is 13.8 Å². The molecule has 1 N–H and O–H groups in total. The third-order valence-electron chi connectivity index (χ3n) is 4.51. The molecule has 0 aliphatic rings. The Morgan fingerprint density at radius 1 is 0.931 bits per heavy atom. The van der Waals surface area contributed by atoms with Crippen molar-refractivity contribution in [2.45, 2.75) is 18.7 Å². The summed E-state index contributed by atoms with van der Waals surface area (Å²) in [6.45, 7) is 3.81. The van der Waals surface area contributed by atoms with Crippen LogP contribution in [0.2, 0.25) is 5.02 Å². The Balaban J connectivity index is 1.91. The Kier molecular flexibility index (Phi) is 5.96. The van der Waals surface area contributed by atoms with E-state index in [1.54, 1.807) is 36.4 Å². The summed E-state index contributed by atoms with van der Waals surface area (Å²) in [6.07, 6.45) is 0. The molecule has 0 spiro atoms. The second-order valence-corrected chi connectivity index (χ2v) is 9.15. The van der Waals surface area contributed by atoms with E-state index in [4.69, 9.17) is 11.6 Å². The van der Waals surface area contributed by atoms with E-state index in [0.717, 1.165) is 15.4 Å². The van der Waals surface area contributed by atoms with Gasteiger partial charge >= 0.3 is 0 Å². The van der Waals surface area contributed by atoms with E-state index < -0.39 is 15.9 Å². The first-order chi connectivity index (χ1) is 13.7. The number of hydrogen-bond acceptors (Lipinski definition) is 3. The fraction of sp³-hybridized carbons (Fsp3) is 0.136. The van der Waals surface area contributed by atoms with Gasteiger partial charge in [-0.25, -0.2) is 8.42 Å². The standard InChI is InChI=1S/C22H21ClN2O3S/c1-15-7-10-19(11-8-15)29(27,28)25(3)18-9-12-21(23)20(14-18)22(26)24-17-6-4-5-16(2)13-17/h4-14H,1-3H3,(H,24,26). The van der Waals surface area contributed by atoms with Crippen molar-refractivity contribution in [3.8, 4) is 0 Å². The van der Waals surface area contributed by atoms with Gasteiger partial charge in [0.25, 0.3) is 15.9 Å². The highest BCUT2D eigenvalue weighted by Crippen LogP contribution is 2.27. The molecule has 0 unspecified atom stereocenters. The van der Waals surface area contributed by atoms with Gasteiger partial charge in [-0.3, -0.25) is 9.10 Å². The lowest BCUT2D eigenvalue weighted by Crippen LogP contribution is -2.27. The van der Waals surface area contributed by atoms with Gasteiger partial charge < -0.3 is 5.32 Å². The predicted molar refractivity (Wildman–Crippen MR) is 117 cm³/mol. The zero-order valence-electron chi connectivity index (χ0n) is 16.3. The van der Waals surface area contributed by atoms with Crippen molar-refractivity contribution < 1.29 is 13.2 Å². The van der Waals surface area contributed by atoms with Crippen LogP contribution in [0.3, 0.4) is 0 Å². The van der Waals surface area contributed by atoms with E-state index in [1.807, 2.05) is 32.0 Å². The average molecular weight is 429 g/mol. The highest BCUT2D eigenvalue weighted by atomic mass is 35.5. The molecule has 3 aromatic rings. The van der Waals surface area contributed by atoms with Crippen molar-refractivity contribution in [2.24, 2.45) is 0 Å². The molecule has 0 fully saturated rings. The van der Waals surface area contributed by atoms with Crippen LogP contribution in [0.5, 0.6) is 0 Å². The first-order valence-electron chi connectivity index (χ1n) is 8.91. The minimum absolute atomic E-state index is 0.173. The number of sulfonamides is 1. The first-order valence-corrected chi connectivity index (χ1v) is 10.7. The molecule has 0 aliphatic heterocycles. The summed E-state index contributed by atoms with van der Waals surface area (Å²) in [6, 6.07) is 18.5. The number of aryl methyl sites for hydroxylation is 2. The van der Waals surface area contributed by atoms with Gasteiger partial charge in [0.15, 0.2) is 0 Å². The third-order valence-corrected chi connectivity index (χ3v) is 6.64. The molecule has 0 aromatic heterocycles. The van der Waals surface area contributed by atoms with E-state index in [1.165, 1.54) is 19.2 Å². The fourth-order valence-electron chi connectivity index (χ4n) is 2.81. The number of rotatable bonds is 5. The number of hydrogen-bond donors (Lipinski definition) is 1. The summed E-state index contributed by atoms with van der Waals surface area (Å²) in [5.41, 5.74) is 3.14. The minimum atomic E-state index is -3.77. The van der Waals surface area contributed by atoms with Crippen LogP contribution in [0.4, 0.5) is 11.4 Å². The van der Waals surface area contributed by atoms with Crippen LogP contribution in [-0.4, -0.2) is 21.4 Å². The largest absolute Gasteiger partial charge is 0.322 e. The van der Waals surface area contributed by atoms with Crippen molar-refractivity contribution in [1.82, 2.24) is 0 Å². The quantitative estimate of drug-likeness (QED) is 0.619. The number of halogens is 1. The van der Waals surface area contributed by atoms with E-state index in [-0.39, 0.29) is 15.5 Å². The summed E-state index contributed by atoms with van der Waals surface area (Å²) in [5.74, 6) is -0.413. The molecule has 29 heavy (non-hydrogen) atoms. The summed E-state index contributed by atoms with van der Waals surface area (Å²) >= 11 is 6.21. The maximum Gasteiger partial charge on any atom is 0.264 e. The van der Waals surface area contributed by atoms with Gasteiger partial charge in [0, 0.05) is 12.7 Å². The van der Waals surface area contributed by atoms with Gasteiger partial charge in [0.2, 0.25) is 0 Å². The lowest BCUT2D eigenvalue weighted by molar-refractivity contribution is 0.102. The summed E-state index contributed by atoms with van der Waals surface area (Å²) < 4.78 is 27.0. The zero-order valence-corrected chi connectivity index (χ0v) is 17.9. The van der Waals surface area contributed by atoms with Gasteiger partial charge in [-0.15, -0.1) is 0 Å². The first kappa shape index (κ1) is 20.9. The molecule has 5 nitrogen and oxygen atoms in total. The topological polar surface area (TPSA) is 66.5 Å². The second kappa shape index (κ2) is 8.27. The van der Waals surface area contributed by atoms with E-state index in [2.05, 4.69) is 5.32 Å². The Morgan fingerprint density at radius 2 is 1.62 bits per heavy atom. The van der Waals surface area contributed by atoms with Crippen LogP contribution in [0.1, 0.15) is 21.5 Å². The second-order valence-electron chi connectivity index (χ2n) is 6.77. The summed E-state index contributed by atoms with van der Waals surface area (Å²) in [7, 11) is -2.32. The molecule has 150 valence electrons. The normalized spacial score (nSPS) is 11.2. The number of amides is 1. The lowest BCUT2D eigenvalue weighted by Gasteiger charge is -2.20. The smallest absolute Gasteiger partial charge is 0.264 e. The van der Waals surface area contributed by atoms with Crippen molar-refractivity contribution in [3.63, 3.8) is 0 Å². The van der Waals surface area contributed by atoms with E-state index in [9.17, 15) is 13.2 Å². The van der Waals surface area contributed by atoms with Crippen molar-refractivity contribution in [1.29, 1.82) is 0 Å². The van der Waals surface area contributed by atoms with Gasteiger partial charge in [0.05, 0.1) is 21.2 Å². The molecule has 1 amide bonds. The maximum atomic E-state index is 12.9. The molecule has 0 saturated heterocycles. The lowest BCUT2D eigenvalue weighted by atomic mass is 10.1. The van der Waals surface area contributed by atoms with Crippen LogP contribution < -0.4 is 9.62 Å². The molecule has 7 heteroatoms. The van der Waals surface area contributed by atoms with Crippen molar-refractivity contribution in [3.05, 3.63) is 88.4 Å². The number of anilines is 2. The van der Waals surface area contributed by atoms with E-state index in [0.29, 0.717) is 11.4 Å². The van der Waals surface area contributed by atoms with Gasteiger partial charge in [-0.1, -0.05) is 41.4 Å². The SMILES string of the molecule is Cc1ccc(S(=O)(=O)N(C)c2ccc(Cl)c(C(=O)Nc3cccc(C)c3)c2)cc1. The Hall–Kier alpha value is -2.83.